The molecule has 1 aliphatic rings. The zero-order valence-electron chi connectivity index (χ0n) is 11.3. The summed E-state index contributed by atoms with van der Waals surface area (Å²) in [5, 5.41) is 21.5. The fraction of sp³-hybridized carbons (Fsp3) is 0.125. The topological polar surface area (TPSA) is 79.1 Å². The molecule has 5 nitrogen and oxygen atoms in total. The van der Waals surface area contributed by atoms with Crippen LogP contribution < -0.4 is 4.74 Å². The summed E-state index contributed by atoms with van der Waals surface area (Å²) in [6.45, 7) is 0. The molecule has 1 aliphatic carbocycles. The number of Topliss-reactive ketones (excluding diaryl/α,β-unsaturated/α-hetero) is 1. The second kappa shape index (κ2) is 4.94. The minimum atomic E-state index is -0.250. The van der Waals surface area contributed by atoms with Gasteiger partial charge in [-0.1, -0.05) is 23.4 Å². The number of carbonyl (C=O) groups is 1. The van der Waals surface area contributed by atoms with E-state index in [1.807, 2.05) is 12.1 Å². The van der Waals surface area contributed by atoms with Gasteiger partial charge >= 0.3 is 0 Å². The number of ether oxygens (including phenoxy) is 1. The molecular weight excluding hydrogens is 270 g/mol. The van der Waals surface area contributed by atoms with Crippen molar-refractivity contribution in [3.8, 4) is 22.6 Å². The molecule has 2 aromatic rings. The largest absolute Gasteiger partial charge is 0.504 e. The summed E-state index contributed by atoms with van der Waals surface area (Å²) in [5.74, 6) is 0.185. The average molecular weight is 283 g/mol. The van der Waals surface area contributed by atoms with Gasteiger partial charge in [0.05, 0.1) is 7.11 Å². The number of phenols is 1. The Labute approximate surface area is 121 Å². The second-order valence-corrected chi connectivity index (χ2v) is 4.81. The van der Waals surface area contributed by atoms with Crippen LogP contribution in [0.4, 0.5) is 0 Å². The lowest BCUT2D eigenvalue weighted by Gasteiger charge is -2.08. The van der Waals surface area contributed by atoms with Gasteiger partial charge in [-0.15, -0.1) is 0 Å². The molecule has 0 spiro atoms. The third-order valence-electron chi connectivity index (χ3n) is 3.61. The third-order valence-corrected chi connectivity index (χ3v) is 3.61. The lowest BCUT2D eigenvalue weighted by atomic mass is 10.00. The molecule has 2 aromatic carbocycles. The van der Waals surface area contributed by atoms with Gasteiger partial charge in [-0.3, -0.25) is 4.79 Å². The second-order valence-electron chi connectivity index (χ2n) is 4.81. The highest BCUT2D eigenvalue weighted by molar-refractivity contribution is 6.49. The molecule has 5 heteroatoms. The van der Waals surface area contributed by atoms with Crippen LogP contribution in [0.1, 0.15) is 15.9 Å². The number of aromatic hydroxyl groups is 1. The zero-order chi connectivity index (χ0) is 15.0. The Morgan fingerprint density at radius 3 is 2.57 bits per heavy atom. The SMILES string of the molecule is COc1cc(-c2ccc3c(c2)C(=O)/C(=N\O)C3)ccc1O. The molecule has 0 amide bonds. The molecule has 0 unspecified atom stereocenters. The smallest absolute Gasteiger partial charge is 0.211 e. The van der Waals surface area contributed by atoms with Crippen molar-refractivity contribution >= 4 is 11.5 Å². The molecule has 0 atom stereocenters. The Hall–Kier alpha value is -2.82. The first-order valence-corrected chi connectivity index (χ1v) is 6.40. The Bertz CT molecular complexity index is 765. The van der Waals surface area contributed by atoms with Crippen LogP contribution in [0.15, 0.2) is 41.6 Å². The quantitative estimate of drug-likeness (QED) is 0.656. The van der Waals surface area contributed by atoms with Crippen LogP contribution in [0.25, 0.3) is 11.1 Å². The predicted octanol–water partition coefficient (Wildman–Crippen LogP) is 2.64. The van der Waals surface area contributed by atoms with Gasteiger partial charge in [-0.2, -0.15) is 0 Å². The normalized spacial score (nSPS) is 15.3. The van der Waals surface area contributed by atoms with Crippen LogP contribution in [0.5, 0.6) is 11.5 Å². The number of oxime groups is 1. The lowest BCUT2D eigenvalue weighted by Crippen LogP contribution is -2.06. The standard InChI is InChI=1S/C16H13NO4/c1-21-15-8-10(4-5-14(15)18)9-2-3-11-7-13(17-20)16(19)12(11)6-9/h2-6,8,18,20H,7H2,1H3/b17-13-. The number of carbonyl (C=O) groups excluding carboxylic acids is 1. The fourth-order valence-electron chi connectivity index (χ4n) is 2.48. The van der Waals surface area contributed by atoms with E-state index in [1.54, 1.807) is 24.3 Å². The first-order chi connectivity index (χ1) is 10.1. The van der Waals surface area contributed by atoms with Crippen molar-refractivity contribution < 1.29 is 19.8 Å². The maximum atomic E-state index is 12.0. The van der Waals surface area contributed by atoms with E-state index in [0.717, 1.165) is 16.7 Å². The van der Waals surface area contributed by atoms with Crippen LogP contribution in [-0.2, 0) is 6.42 Å². The van der Waals surface area contributed by atoms with Crippen molar-refractivity contribution in [3.63, 3.8) is 0 Å². The number of hydrogen-bond acceptors (Lipinski definition) is 5. The number of methoxy groups -OCH3 is 1. The average Bonchev–Trinajstić information content (AvgIpc) is 2.83. The van der Waals surface area contributed by atoms with E-state index >= 15 is 0 Å². The van der Waals surface area contributed by atoms with E-state index < -0.39 is 0 Å². The first-order valence-electron chi connectivity index (χ1n) is 6.40. The third kappa shape index (κ3) is 2.12. The van der Waals surface area contributed by atoms with Gasteiger partial charge in [0.1, 0.15) is 5.71 Å². The van der Waals surface area contributed by atoms with Gasteiger partial charge in [0.15, 0.2) is 11.5 Å². The number of phenolic OH excluding ortho intramolecular Hbond substituents is 1. The number of rotatable bonds is 2. The van der Waals surface area contributed by atoms with Crippen LogP contribution in [-0.4, -0.2) is 28.9 Å². The minimum absolute atomic E-state index is 0.0631. The Kier molecular flexibility index (Phi) is 3.10. The molecule has 3 rings (SSSR count). The summed E-state index contributed by atoms with van der Waals surface area (Å²) >= 11 is 0. The van der Waals surface area contributed by atoms with Crippen molar-refractivity contribution in [1.82, 2.24) is 0 Å². The molecular formula is C16H13NO4. The molecule has 0 radical (unpaired) electrons. The summed E-state index contributed by atoms with van der Waals surface area (Å²) in [7, 11) is 1.48. The number of ketones is 1. The molecule has 0 aliphatic heterocycles. The van der Waals surface area contributed by atoms with Crippen molar-refractivity contribution in [3.05, 3.63) is 47.5 Å². The van der Waals surface area contributed by atoms with Gasteiger partial charge in [-0.05, 0) is 34.9 Å². The maximum absolute atomic E-state index is 12.0. The summed E-state index contributed by atoms with van der Waals surface area (Å²) in [6, 6.07) is 10.5. The van der Waals surface area contributed by atoms with E-state index in [-0.39, 0.29) is 17.2 Å². The number of benzene rings is 2. The van der Waals surface area contributed by atoms with E-state index in [1.165, 1.54) is 7.11 Å². The monoisotopic (exact) mass is 283 g/mol. The van der Waals surface area contributed by atoms with Gasteiger partial charge < -0.3 is 15.1 Å². The fourth-order valence-corrected chi connectivity index (χ4v) is 2.48. The van der Waals surface area contributed by atoms with Gasteiger partial charge in [0.25, 0.3) is 0 Å². The van der Waals surface area contributed by atoms with E-state index in [4.69, 9.17) is 9.94 Å². The van der Waals surface area contributed by atoms with Crippen molar-refractivity contribution in [2.75, 3.05) is 7.11 Å². The van der Waals surface area contributed by atoms with Crippen LogP contribution >= 0.6 is 0 Å². The number of fused-ring (bicyclic) bond motifs is 1. The first kappa shape index (κ1) is 13.2. The Morgan fingerprint density at radius 1 is 1.14 bits per heavy atom. The summed E-state index contributed by atoms with van der Waals surface area (Å²) in [6.07, 6.45) is 0.351. The van der Waals surface area contributed by atoms with Gasteiger partial charge in [0, 0.05) is 12.0 Å². The van der Waals surface area contributed by atoms with Crippen LogP contribution in [0.2, 0.25) is 0 Å². The summed E-state index contributed by atoms with van der Waals surface area (Å²) in [4.78, 5) is 12.0. The highest BCUT2D eigenvalue weighted by Gasteiger charge is 2.27. The maximum Gasteiger partial charge on any atom is 0.211 e. The highest BCUT2D eigenvalue weighted by Crippen LogP contribution is 2.33. The van der Waals surface area contributed by atoms with Crippen LogP contribution in [0.3, 0.4) is 0 Å². The highest BCUT2D eigenvalue weighted by atomic mass is 16.5. The Morgan fingerprint density at radius 2 is 1.86 bits per heavy atom. The van der Waals surface area contributed by atoms with Gasteiger partial charge in [-0.25, -0.2) is 0 Å². The molecule has 0 saturated carbocycles. The van der Waals surface area contributed by atoms with E-state index in [0.29, 0.717) is 17.7 Å². The Balaban J connectivity index is 2.07. The molecule has 0 fully saturated rings. The number of hydrogen-bond donors (Lipinski definition) is 2. The van der Waals surface area contributed by atoms with Crippen LogP contribution in [0, 0.1) is 0 Å². The van der Waals surface area contributed by atoms with E-state index in [2.05, 4.69) is 5.16 Å². The number of nitrogens with zero attached hydrogens (tertiary/aromatic N) is 1. The predicted molar refractivity (Wildman–Crippen MR) is 77.4 cm³/mol. The molecule has 2 N–H and O–H groups in total. The minimum Gasteiger partial charge on any atom is -0.504 e. The summed E-state index contributed by atoms with van der Waals surface area (Å²) < 4.78 is 5.09. The van der Waals surface area contributed by atoms with Crippen molar-refractivity contribution in [1.29, 1.82) is 0 Å². The van der Waals surface area contributed by atoms with E-state index in [9.17, 15) is 9.90 Å². The van der Waals surface area contributed by atoms with Gasteiger partial charge in [0.2, 0.25) is 5.78 Å². The molecule has 0 saturated heterocycles. The molecule has 0 aromatic heterocycles. The van der Waals surface area contributed by atoms with Crippen molar-refractivity contribution in [2.24, 2.45) is 5.16 Å². The summed E-state index contributed by atoms with van der Waals surface area (Å²) in [5.41, 5.74) is 3.22. The zero-order valence-corrected chi connectivity index (χ0v) is 11.3. The molecule has 0 heterocycles. The van der Waals surface area contributed by atoms with Crippen molar-refractivity contribution in [2.45, 2.75) is 6.42 Å². The lowest BCUT2D eigenvalue weighted by molar-refractivity contribution is 0.106. The molecule has 0 bridgehead atoms. The molecule has 21 heavy (non-hydrogen) atoms. The molecule has 106 valence electrons.